The van der Waals surface area contributed by atoms with Gasteiger partial charge in [0.1, 0.15) is 16.9 Å². The van der Waals surface area contributed by atoms with Crippen LogP contribution in [-0.2, 0) is 4.79 Å². The molecule has 3 aromatic rings. The zero-order valence-corrected chi connectivity index (χ0v) is 11.0. The summed E-state index contributed by atoms with van der Waals surface area (Å²) in [6.45, 7) is 0. The molecule has 3 N–H and O–H groups in total. The molecule has 102 valence electrons. The average molecular weight is 277 g/mol. The zero-order valence-electron chi connectivity index (χ0n) is 11.0. The predicted octanol–water partition coefficient (Wildman–Crippen LogP) is 2.37. The van der Waals surface area contributed by atoms with E-state index in [1.54, 1.807) is 6.08 Å². The number of guanidine groups is 1. The number of carbonyl (C=O) groups is 1. The summed E-state index contributed by atoms with van der Waals surface area (Å²) in [4.78, 5) is 15.6. The minimum atomic E-state index is -0.287. The first-order valence-electron chi connectivity index (χ1n) is 6.49. The Morgan fingerprint density at radius 2 is 1.90 bits per heavy atom. The molecule has 2 aromatic carbocycles. The summed E-state index contributed by atoms with van der Waals surface area (Å²) in [7, 11) is 0. The van der Waals surface area contributed by atoms with Crippen molar-refractivity contribution in [2.24, 2.45) is 10.7 Å². The lowest BCUT2D eigenvalue weighted by molar-refractivity contribution is -0.115. The molecule has 0 bridgehead atoms. The fourth-order valence-corrected chi connectivity index (χ4v) is 2.48. The van der Waals surface area contributed by atoms with Crippen molar-refractivity contribution in [1.29, 1.82) is 0 Å². The van der Waals surface area contributed by atoms with Crippen LogP contribution in [0.4, 0.5) is 0 Å². The number of carbonyl (C=O) groups excluding carboxylic acids is 1. The first-order chi connectivity index (χ1) is 10.2. The monoisotopic (exact) mass is 277 g/mol. The number of fused-ring (bicyclic) bond motifs is 3. The highest BCUT2D eigenvalue weighted by Gasteiger charge is 2.17. The number of nitrogens with one attached hydrogen (secondary N) is 1. The topological polar surface area (TPSA) is 80.6 Å². The van der Waals surface area contributed by atoms with Crippen LogP contribution in [0.25, 0.3) is 28.0 Å². The van der Waals surface area contributed by atoms with Gasteiger partial charge in [-0.3, -0.25) is 10.1 Å². The number of nitrogens with two attached hydrogens (primary N) is 1. The SMILES string of the molecule is NC1=N/C(=C\c2ccc3oc4ccccc4c3c2)C(=O)N1. The van der Waals surface area contributed by atoms with Gasteiger partial charge in [0.05, 0.1) is 0 Å². The van der Waals surface area contributed by atoms with Gasteiger partial charge < -0.3 is 10.2 Å². The third-order valence-electron chi connectivity index (χ3n) is 3.42. The highest BCUT2D eigenvalue weighted by Crippen LogP contribution is 2.29. The minimum Gasteiger partial charge on any atom is -0.456 e. The van der Waals surface area contributed by atoms with Crippen molar-refractivity contribution in [3.63, 3.8) is 0 Å². The Balaban J connectivity index is 1.89. The van der Waals surface area contributed by atoms with Crippen molar-refractivity contribution in [2.75, 3.05) is 0 Å². The molecule has 5 nitrogen and oxygen atoms in total. The van der Waals surface area contributed by atoms with Crippen LogP contribution in [-0.4, -0.2) is 11.9 Å². The molecule has 0 fully saturated rings. The highest BCUT2D eigenvalue weighted by atomic mass is 16.3. The molecule has 5 heteroatoms. The van der Waals surface area contributed by atoms with Crippen LogP contribution in [0.1, 0.15) is 5.56 Å². The quantitative estimate of drug-likeness (QED) is 0.670. The lowest BCUT2D eigenvalue weighted by Crippen LogP contribution is -2.30. The molecular weight excluding hydrogens is 266 g/mol. The first kappa shape index (κ1) is 11.7. The van der Waals surface area contributed by atoms with E-state index >= 15 is 0 Å². The normalized spacial score (nSPS) is 16.7. The minimum absolute atomic E-state index is 0.126. The second kappa shape index (κ2) is 4.21. The largest absolute Gasteiger partial charge is 0.456 e. The van der Waals surface area contributed by atoms with Gasteiger partial charge in [-0.25, -0.2) is 4.99 Å². The van der Waals surface area contributed by atoms with E-state index in [-0.39, 0.29) is 11.9 Å². The summed E-state index contributed by atoms with van der Waals surface area (Å²) in [5.74, 6) is -0.161. The molecule has 1 aromatic heterocycles. The smallest absolute Gasteiger partial charge is 0.276 e. The lowest BCUT2D eigenvalue weighted by atomic mass is 10.1. The molecule has 4 rings (SSSR count). The van der Waals surface area contributed by atoms with Crippen LogP contribution < -0.4 is 11.1 Å². The van der Waals surface area contributed by atoms with Gasteiger partial charge in [0.15, 0.2) is 0 Å². The number of hydrogen-bond acceptors (Lipinski definition) is 4. The number of nitrogens with zero attached hydrogens (tertiary/aromatic N) is 1. The number of aliphatic imine (C=N–C) groups is 1. The van der Waals surface area contributed by atoms with Gasteiger partial charge in [0, 0.05) is 10.8 Å². The molecule has 1 amide bonds. The summed E-state index contributed by atoms with van der Waals surface area (Å²) in [6.07, 6.45) is 1.70. The van der Waals surface area contributed by atoms with Gasteiger partial charge in [-0.2, -0.15) is 0 Å². The second-order valence-corrected chi connectivity index (χ2v) is 4.83. The van der Waals surface area contributed by atoms with Crippen LogP contribution in [0.15, 0.2) is 57.6 Å². The summed E-state index contributed by atoms with van der Waals surface area (Å²) in [6, 6.07) is 13.6. The van der Waals surface area contributed by atoms with Crippen LogP contribution in [0.2, 0.25) is 0 Å². The zero-order chi connectivity index (χ0) is 14.4. The van der Waals surface area contributed by atoms with Gasteiger partial charge in [-0.05, 0) is 29.8 Å². The van der Waals surface area contributed by atoms with Crippen LogP contribution >= 0.6 is 0 Å². The molecule has 1 aliphatic rings. The Hall–Kier alpha value is -3.08. The molecule has 0 spiro atoms. The molecule has 0 saturated carbocycles. The number of furan rings is 1. The van der Waals surface area contributed by atoms with Crippen molar-refractivity contribution in [2.45, 2.75) is 0 Å². The summed E-state index contributed by atoms with van der Waals surface area (Å²) < 4.78 is 5.77. The van der Waals surface area contributed by atoms with Crippen molar-refractivity contribution >= 4 is 39.9 Å². The molecule has 0 aliphatic carbocycles. The van der Waals surface area contributed by atoms with Gasteiger partial charge in [-0.15, -0.1) is 0 Å². The molecule has 0 radical (unpaired) electrons. The standard InChI is InChI=1S/C16H11N3O2/c17-16-18-12(15(20)19-16)8-9-5-6-14-11(7-9)10-3-1-2-4-13(10)21-14/h1-8H,(H3,17,18,19,20)/b12-8-. The maximum Gasteiger partial charge on any atom is 0.276 e. The fourth-order valence-electron chi connectivity index (χ4n) is 2.48. The Labute approximate surface area is 119 Å². The van der Waals surface area contributed by atoms with E-state index in [1.165, 1.54) is 0 Å². The van der Waals surface area contributed by atoms with E-state index < -0.39 is 0 Å². The van der Waals surface area contributed by atoms with E-state index in [0.717, 1.165) is 27.5 Å². The number of hydrogen-bond donors (Lipinski definition) is 2. The molecular formula is C16H11N3O2. The van der Waals surface area contributed by atoms with E-state index in [9.17, 15) is 4.79 Å². The molecule has 21 heavy (non-hydrogen) atoms. The van der Waals surface area contributed by atoms with Crippen molar-refractivity contribution in [3.05, 3.63) is 53.7 Å². The maximum absolute atomic E-state index is 11.6. The Kier molecular flexibility index (Phi) is 2.35. The molecule has 2 heterocycles. The maximum atomic E-state index is 11.6. The van der Waals surface area contributed by atoms with Crippen molar-refractivity contribution < 1.29 is 9.21 Å². The summed E-state index contributed by atoms with van der Waals surface area (Å²) in [5.41, 5.74) is 8.32. The van der Waals surface area contributed by atoms with E-state index in [4.69, 9.17) is 10.2 Å². The molecule has 0 saturated heterocycles. The Morgan fingerprint density at radius 3 is 2.71 bits per heavy atom. The predicted molar refractivity (Wildman–Crippen MR) is 81.5 cm³/mol. The van der Waals surface area contributed by atoms with Crippen LogP contribution in [0.5, 0.6) is 0 Å². The first-order valence-corrected chi connectivity index (χ1v) is 6.49. The summed E-state index contributed by atoms with van der Waals surface area (Å²) in [5, 5.41) is 4.51. The van der Waals surface area contributed by atoms with E-state index in [1.807, 2.05) is 42.5 Å². The van der Waals surface area contributed by atoms with Gasteiger partial charge >= 0.3 is 0 Å². The Morgan fingerprint density at radius 1 is 1.10 bits per heavy atom. The van der Waals surface area contributed by atoms with Gasteiger partial charge in [-0.1, -0.05) is 24.3 Å². The number of rotatable bonds is 1. The van der Waals surface area contributed by atoms with E-state index in [2.05, 4.69) is 10.3 Å². The molecule has 0 unspecified atom stereocenters. The second-order valence-electron chi connectivity index (χ2n) is 4.83. The van der Waals surface area contributed by atoms with Gasteiger partial charge in [0.2, 0.25) is 5.96 Å². The van der Waals surface area contributed by atoms with Crippen molar-refractivity contribution in [3.8, 4) is 0 Å². The fraction of sp³-hybridized carbons (Fsp3) is 0. The molecule has 0 atom stereocenters. The summed E-state index contributed by atoms with van der Waals surface area (Å²) >= 11 is 0. The molecule has 1 aliphatic heterocycles. The third kappa shape index (κ3) is 1.87. The highest BCUT2D eigenvalue weighted by molar-refractivity contribution is 6.13. The Bertz CT molecular complexity index is 950. The number of para-hydroxylation sites is 1. The lowest BCUT2D eigenvalue weighted by Gasteiger charge is -1.95. The number of benzene rings is 2. The van der Waals surface area contributed by atoms with Crippen LogP contribution in [0, 0.1) is 0 Å². The third-order valence-corrected chi connectivity index (χ3v) is 3.42. The average Bonchev–Trinajstić information content (AvgIpc) is 2.99. The number of amides is 1. The van der Waals surface area contributed by atoms with E-state index in [0.29, 0.717) is 5.70 Å². The van der Waals surface area contributed by atoms with Crippen molar-refractivity contribution in [1.82, 2.24) is 5.32 Å². The van der Waals surface area contributed by atoms with Crippen LogP contribution in [0.3, 0.4) is 0 Å². The van der Waals surface area contributed by atoms with Gasteiger partial charge in [0.25, 0.3) is 5.91 Å².